The first-order chi connectivity index (χ1) is 15.2. The molecule has 2 aliphatic rings. The summed E-state index contributed by atoms with van der Waals surface area (Å²) in [4.78, 5) is 21.6. The van der Waals surface area contributed by atoms with Gasteiger partial charge in [0.25, 0.3) is 0 Å². The number of carbonyl (C=O) groups excluding carboxylic acids is 1. The minimum Gasteiger partial charge on any atom is -0.357 e. The Hall–Kier alpha value is -2.08. The van der Waals surface area contributed by atoms with Gasteiger partial charge in [0, 0.05) is 57.8 Å². The van der Waals surface area contributed by atoms with Gasteiger partial charge in [-0.3, -0.25) is 14.7 Å². The molecule has 0 bridgehead atoms. The fourth-order valence-electron chi connectivity index (χ4n) is 4.65. The number of likely N-dealkylation sites (tertiary alicyclic amines) is 2. The van der Waals surface area contributed by atoms with Crippen LogP contribution in [0.3, 0.4) is 0 Å². The maximum absolute atomic E-state index is 12.1. The van der Waals surface area contributed by atoms with Gasteiger partial charge in [-0.05, 0) is 51.5 Å². The smallest absolute Gasteiger partial charge is 0.222 e. The van der Waals surface area contributed by atoms with Gasteiger partial charge >= 0.3 is 0 Å². The summed E-state index contributed by atoms with van der Waals surface area (Å²) in [6, 6.07) is 11.7. The van der Waals surface area contributed by atoms with E-state index >= 15 is 0 Å². The van der Waals surface area contributed by atoms with Crippen LogP contribution in [0, 0.1) is 0 Å². The predicted octanol–water partition coefficient (Wildman–Crippen LogP) is 3.39. The van der Waals surface area contributed by atoms with Crippen molar-refractivity contribution in [3.05, 3.63) is 35.9 Å². The molecule has 0 spiro atoms. The Morgan fingerprint density at radius 3 is 2.77 bits per heavy atom. The molecule has 0 aliphatic carbocycles. The zero-order valence-electron chi connectivity index (χ0n) is 19.5. The van der Waals surface area contributed by atoms with Crippen molar-refractivity contribution in [2.24, 2.45) is 4.99 Å². The molecule has 2 heterocycles. The van der Waals surface area contributed by atoms with Gasteiger partial charge in [0.2, 0.25) is 5.91 Å². The van der Waals surface area contributed by atoms with Crippen LogP contribution in [0.4, 0.5) is 0 Å². The van der Waals surface area contributed by atoms with Crippen LogP contribution in [0.5, 0.6) is 0 Å². The van der Waals surface area contributed by atoms with E-state index in [1.54, 1.807) is 0 Å². The lowest BCUT2D eigenvalue weighted by Gasteiger charge is -2.38. The van der Waals surface area contributed by atoms with Gasteiger partial charge in [-0.15, -0.1) is 0 Å². The second kappa shape index (κ2) is 12.7. The molecule has 31 heavy (non-hydrogen) atoms. The lowest BCUT2D eigenvalue weighted by atomic mass is 9.97. The largest absolute Gasteiger partial charge is 0.357 e. The summed E-state index contributed by atoms with van der Waals surface area (Å²) in [7, 11) is 0. The van der Waals surface area contributed by atoms with Crippen LogP contribution in [0.2, 0.25) is 0 Å². The van der Waals surface area contributed by atoms with E-state index in [9.17, 15) is 4.79 Å². The fourth-order valence-corrected chi connectivity index (χ4v) is 4.65. The van der Waals surface area contributed by atoms with E-state index in [0.717, 1.165) is 77.3 Å². The normalized spacial score (nSPS) is 23.5. The van der Waals surface area contributed by atoms with E-state index in [1.165, 1.54) is 12.0 Å². The third-order valence-corrected chi connectivity index (χ3v) is 6.45. The number of hydrogen-bond donors (Lipinski definition) is 2. The highest BCUT2D eigenvalue weighted by Gasteiger charge is 2.26. The Morgan fingerprint density at radius 1 is 1.16 bits per heavy atom. The maximum Gasteiger partial charge on any atom is 0.222 e. The lowest BCUT2D eigenvalue weighted by molar-refractivity contribution is -0.130. The quantitative estimate of drug-likeness (QED) is 0.379. The van der Waals surface area contributed by atoms with Crippen LogP contribution in [-0.4, -0.2) is 66.5 Å². The first-order valence-electron chi connectivity index (χ1n) is 12.3. The zero-order valence-corrected chi connectivity index (χ0v) is 19.5. The number of amides is 1. The van der Waals surface area contributed by atoms with Crippen molar-refractivity contribution in [3.8, 4) is 0 Å². The van der Waals surface area contributed by atoms with E-state index in [0.29, 0.717) is 24.4 Å². The zero-order chi connectivity index (χ0) is 21.9. The van der Waals surface area contributed by atoms with Gasteiger partial charge in [0.1, 0.15) is 0 Å². The molecule has 1 aromatic rings. The Balaban J connectivity index is 1.43. The van der Waals surface area contributed by atoms with Gasteiger partial charge in [0.05, 0.1) is 0 Å². The molecule has 2 N–H and O–H groups in total. The van der Waals surface area contributed by atoms with Gasteiger partial charge < -0.3 is 15.5 Å². The minimum atomic E-state index is 0.322. The average molecular weight is 428 g/mol. The first-order valence-corrected chi connectivity index (χ1v) is 12.3. The van der Waals surface area contributed by atoms with Crippen LogP contribution in [0.25, 0.3) is 0 Å². The molecule has 2 atom stereocenters. The maximum atomic E-state index is 12.1. The second-order valence-corrected chi connectivity index (χ2v) is 8.98. The van der Waals surface area contributed by atoms with Gasteiger partial charge in [-0.2, -0.15) is 0 Å². The van der Waals surface area contributed by atoms with Gasteiger partial charge in [-0.1, -0.05) is 36.8 Å². The van der Waals surface area contributed by atoms with Crippen molar-refractivity contribution in [2.75, 3.05) is 32.7 Å². The highest BCUT2D eigenvalue weighted by Crippen LogP contribution is 2.20. The summed E-state index contributed by atoms with van der Waals surface area (Å²) >= 11 is 0. The minimum absolute atomic E-state index is 0.322. The molecule has 0 saturated carbocycles. The van der Waals surface area contributed by atoms with E-state index in [4.69, 9.17) is 4.99 Å². The predicted molar refractivity (Wildman–Crippen MR) is 128 cm³/mol. The molecule has 0 aromatic heterocycles. The number of guanidine groups is 1. The molecule has 1 amide bonds. The molecule has 6 heteroatoms. The number of nitrogens with zero attached hydrogens (tertiary/aromatic N) is 3. The number of hydrogen-bond acceptors (Lipinski definition) is 3. The van der Waals surface area contributed by atoms with Crippen molar-refractivity contribution in [1.29, 1.82) is 0 Å². The monoisotopic (exact) mass is 427 g/mol. The summed E-state index contributed by atoms with van der Waals surface area (Å²) in [6.07, 6.45) is 7.26. The molecule has 172 valence electrons. The van der Waals surface area contributed by atoms with Crippen molar-refractivity contribution in [2.45, 2.75) is 77.4 Å². The third kappa shape index (κ3) is 7.84. The van der Waals surface area contributed by atoms with Crippen LogP contribution in [0.1, 0.15) is 64.4 Å². The Kier molecular flexibility index (Phi) is 9.66. The van der Waals surface area contributed by atoms with E-state index in [-0.39, 0.29) is 0 Å². The molecule has 3 rings (SSSR count). The molecule has 2 aliphatic heterocycles. The summed E-state index contributed by atoms with van der Waals surface area (Å²) in [6.45, 7) is 9.93. The number of piperidine rings is 1. The Labute approximate surface area is 188 Å². The van der Waals surface area contributed by atoms with Crippen molar-refractivity contribution in [1.82, 2.24) is 20.4 Å². The lowest BCUT2D eigenvalue weighted by Crippen LogP contribution is -2.51. The van der Waals surface area contributed by atoms with E-state index in [2.05, 4.69) is 59.7 Å². The number of nitrogens with one attached hydrogen (secondary N) is 2. The number of rotatable bonds is 8. The molecular formula is C25H41N5O. The molecule has 6 nitrogen and oxygen atoms in total. The second-order valence-electron chi connectivity index (χ2n) is 8.98. The number of benzene rings is 1. The van der Waals surface area contributed by atoms with Crippen LogP contribution < -0.4 is 10.6 Å². The van der Waals surface area contributed by atoms with Crippen LogP contribution in [-0.2, 0) is 11.3 Å². The van der Waals surface area contributed by atoms with Crippen LogP contribution >= 0.6 is 0 Å². The first kappa shape index (κ1) is 23.6. The fraction of sp³-hybridized carbons (Fsp3) is 0.680. The standard InChI is InChI=1S/C25H41N5O/c1-3-26-25(27-15-10-17-29-16-9-5-8-13-24(29)31)28-23-14-18-30(21(2)19-23)20-22-11-6-4-7-12-22/h4,6-7,11-12,21,23H,3,5,8-10,13-20H2,1-2H3,(H2,26,27,28). The van der Waals surface area contributed by atoms with Gasteiger partial charge in [-0.25, -0.2) is 0 Å². The topological polar surface area (TPSA) is 60.0 Å². The number of aliphatic imine (C=N–C) groups is 1. The van der Waals surface area contributed by atoms with E-state index < -0.39 is 0 Å². The summed E-state index contributed by atoms with van der Waals surface area (Å²) in [5.74, 6) is 1.24. The Morgan fingerprint density at radius 2 is 2.00 bits per heavy atom. The molecule has 2 saturated heterocycles. The molecule has 2 unspecified atom stereocenters. The highest BCUT2D eigenvalue weighted by molar-refractivity contribution is 5.80. The highest BCUT2D eigenvalue weighted by atomic mass is 16.2. The summed E-state index contributed by atoms with van der Waals surface area (Å²) in [5, 5.41) is 7.06. The van der Waals surface area contributed by atoms with Crippen LogP contribution in [0.15, 0.2) is 35.3 Å². The summed E-state index contributed by atoms with van der Waals surface area (Å²) < 4.78 is 0. The molecular weight excluding hydrogens is 386 g/mol. The summed E-state index contributed by atoms with van der Waals surface area (Å²) in [5.41, 5.74) is 1.39. The Bertz CT molecular complexity index is 692. The third-order valence-electron chi connectivity index (χ3n) is 6.45. The molecule has 2 fully saturated rings. The van der Waals surface area contributed by atoms with Crippen molar-refractivity contribution in [3.63, 3.8) is 0 Å². The number of carbonyl (C=O) groups is 1. The van der Waals surface area contributed by atoms with Crippen molar-refractivity contribution < 1.29 is 4.79 Å². The van der Waals surface area contributed by atoms with Crippen molar-refractivity contribution >= 4 is 11.9 Å². The SMILES string of the molecule is CCNC(=NCCCN1CCCCCC1=O)NC1CCN(Cc2ccccc2)C(C)C1. The van der Waals surface area contributed by atoms with E-state index in [1.807, 2.05) is 4.90 Å². The average Bonchev–Trinajstić information content (AvgIpc) is 2.98. The molecule has 1 aromatic carbocycles. The molecule has 0 radical (unpaired) electrons. The van der Waals surface area contributed by atoms with Gasteiger partial charge in [0.15, 0.2) is 5.96 Å².